The summed E-state index contributed by atoms with van der Waals surface area (Å²) in [6.45, 7) is 0. The Bertz CT molecular complexity index is 269. The average molecular weight is 262 g/mol. The molecule has 3 fully saturated rings. The van der Waals surface area contributed by atoms with Crippen molar-refractivity contribution in [1.82, 2.24) is 0 Å². The number of carbonyl (C=O) groups excluding carboxylic acids is 1. The van der Waals surface area contributed by atoms with Crippen molar-refractivity contribution in [3.05, 3.63) is 0 Å². The van der Waals surface area contributed by atoms with E-state index in [9.17, 15) is 4.79 Å². The third-order valence-corrected chi connectivity index (χ3v) is 6.20. The maximum Gasteiger partial charge on any atom is 0.139 e. The molecule has 3 saturated carbocycles. The average Bonchev–Trinajstić information content (AvgIpc) is 2.49. The molecule has 2 atom stereocenters. The molecule has 3 aliphatic rings. The molecule has 3 rings (SSSR count). The van der Waals surface area contributed by atoms with E-state index in [1.54, 1.807) is 0 Å². The SMILES string of the molecule is O=C1[C@@H](C2CCCCC2)CCC[C@@H]1C1CCCCC1. The van der Waals surface area contributed by atoms with E-state index >= 15 is 0 Å². The normalized spacial score (nSPS) is 35.5. The van der Waals surface area contributed by atoms with Crippen molar-refractivity contribution in [3.63, 3.8) is 0 Å². The Morgan fingerprint density at radius 2 is 0.947 bits per heavy atom. The van der Waals surface area contributed by atoms with Crippen molar-refractivity contribution in [2.24, 2.45) is 23.7 Å². The van der Waals surface area contributed by atoms with Crippen LogP contribution >= 0.6 is 0 Å². The molecule has 0 bridgehead atoms. The molecule has 108 valence electrons. The van der Waals surface area contributed by atoms with Crippen molar-refractivity contribution in [3.8, 4) is 0 Å². The van der Waals surface area contributed by atoms with Gasteiger partial charge in [0, 0.05) is 11.8 Å². The fourth-order valence-electron chi connectivity index (χ4n) is 5.13. The molecule has 19 heavy (non-hydrogen) atoms. The van der Waals surface area contributed by atoms with Crippen LogP contribution in [0.5, 0.6) is 0 Å². The van der Waals surface area contributed by atoms with Crippen LogP contribution in [0.3, 0.4) is 0 Å². The van der Waals surface area contributed by atoms with E-state index in [0.29, 0.717) is 17.6 Å². The number of rotatable bonds is 2. The second-order valence-corrected chi connectivity index (χ2v) is 7.34. The summed E-state index contributed by atoms with van der Waals surface area (Å²) >= 11 is 0. The van der Waals surface area contributed by atoms with Gasteiger partial charge in [0.2, 0.25) is 0 Å². The molecule has 0 saturated heterocycles. The van der Waals surface area contributed by atoms with Gasteiger partial charge in [0.25, 0.3) is 0 Å². The minimum absolute atomic E-state index is 0.459. The maximum atomic E-state index is 12.9. The van der Waals surface area contributed by atoms with Gasteiger partial charge in [0.1, 0.15) is 5.78 Å². The van der Waals surface area contributed by atoms with Gasteiger partial charge >= 0.3 is 0 Å². The molecule has 0 aromatic carbocycles. The zero-order valence-corrected chi connectivity index (χ0v) is 12.4. The minimum atomic E-state index is 0.459. The summed E-state index contributed by atoms with van der Waals surface area (Å²) in [6.07, 6.45) is 17.4. The van der Waals surface area contributed by atoms with Gasteiger partial charge in [-0.05, 0) is 50.4 Å². The van der Waals surface area contributed by atoms with Gasteiger partial charge < -0.3 is 0 Å². The lowest BCUT2D eigenvalue weighted by molar-refractivity contribution is -0.134. The molecular weight excluding hydrogens is 232 g/mol. The molecule has 0 heterocycles. The summed E-state index contributed by atoms with van der Waals surface area (Å²) in [7, 11) is 0. The first-order chi connectivity index (χ1) is 9.36. The highest BCUT2D eigenvalue weighted by molar-refractivity contribution is 5.84. The van der Waals surface area contributed by atoms with Crippen LogP contribution in [0.25, 0.3) is 0 Å². The molecule has 1 heteroatoms. The second kappa shape index (κ2) is 6.41. The summed E-state index contributed by atoms with van der Waals surface area (Å²) < 4.78 is 0. The first-order valence-electron chi connectivity index (χ1n) is 8.90. The molecule has 0 unspecified atom stereocenters. The van der Waals surface area contributed by atoms with Crippen LogP contribution < -0.4 is 0 Å². The fourth-order valence-corrected chi connectivity index (χ4v) is 5.13. The van der Waals surface area contributed by atoms with E-state index in [1.165, 1.54) is 83.5 Å². The summed E-state index contributed by atoms with van der Waals surface area (Å²) in [5, 5.41) is 0. The monoisotopic (exact) mass is 262 g/mol. The number of hydrogen-bond acceptors (Lipinski definition) is 1. The molecule has 1 nitrogen and oxygen atoms in total. The summed E-state index contributed by atoms with van der Waals surface area (Å²) in [5.74, 6) is 3.13. The standard InChI is InChI=1S/C18H30O/c19-18-16(14-8-3-1-4-9-14)12-7-13-17(18)15-10-5-2-6-11-15/h14-17H,1-13H2/t16-,17-/m1/s1. The quantitative estimate of drug-likeness (QED) is 0.674. The van der Waals surface area contributed by atoms with Crippen molar-refractivity contribution >= 4 is 5.78 Å². The number of ketones is 1. The van der Waals surface area contributed by atoms with E-state index < -0.39 is 0 Å². The van der Waals surface area contributed by atoms with E-state index in [1.807, 2.05) is 0 Å². The van der Waals surface area contributed by atoms with Gasteiger partial charge in [-0.2, -0.15) is 0 Å². The fraction of sp³-hybridized carbons (Fsp3) is 0.944. The van der Waals surface area contributed by atoms with Gasteiger partial charge in [-0.1, -0.05) is 44.9 Å². The Hall–Kier alpha value is -0.330. The highest BCUT2D eigenvalue weighted by atomic mass is 16.1. The third-order valence-electron chi connectivity index (χ3n) is 6.20. The summed E-state index contributed by atoms with van der Waals surface area (Å²) in [6, 6.07) is 0. The summed E-state index contributed by atoms with van der Waals surface area (Å²) in [4.78, 5) is 12.9. The van der Waals surface area contributed by atoms with Gasteiger partial charge in [0.15, 0.2) is 0 Å². The molecule has 0 spiro atoms. The van der Waals surface area contributed by atoms with Crippen molar-refractivity contribution in [2.45, 2.75) is 83.5 Å². The van der Waals surface area contributed by atoms with Gasteiger partial charge in [-0.15, -0.1) is 0 Å². The Morgan fingerprint density at radius 3 is 1.37 bits per heavy atom. The first-order valence-corrected chi connectivity index (χ1v) is 8.90. The molecule has 0 radical (unpaired) electrons. The van der Waals surface area contributed by atoms with Crippen molar-refractivity contribution in [2.75, 3.05) is 0 Å². The van der Waals surface area contributed by atoms with Crippen LogP contribution in [0.15, 0.2) is 0 Å². The van der Waals surface area contributed by atoms with Crippen LogP contribution in [-0.4, -0.2) is 5.78 Å². The van der Waals surface area contributed by atoms with E-state index in [-0.39, 0.29) is 0 Å². The lowest BCUT2D eigenvalue weighted by Gasteiger charge is -2.39. The molecule has 3 aliphatic carbocycles. The predicted molar refractivity (Wildman–Crippen MR) is 79.0 cm³/mol. The van der Waals surface area contributed by atoms with Crippen molar-refractivity contribution < 1.29 is 4.79 Å². The van der Waals surface area contributed by atoms with Gasteiger partial charge in [-0.3, -0.25) is 4.79 Å². The first kappa shape index (κ1) is 13.6. The zero-order chi connectivity index (χ0) is 13.1. The second-order valence-electron chi connectivity index (χ2n) is 7.34. The van der Waals surface area contributed by atoms with Gasteiger partial charge in [0.05, 0.1) is 0 Å². The van der Waals surface area contributed by atoms with E-state index in [0.717, 1.165) is 11.8 Å². The van der Waals surface area contributed by atoms with Gasteiger partial charge in [-0.25, -0.2) is 0 Å². The highest BCUT2D eigenvalue weighted by Crippen LogP contribution is 2.43. The molecule has 0 aliphatic heterocycles. The number of Topliss-reactive ketones (excluding diaryl/α,β-unsaturated/α-hetero) is 1. The Balaban J connectivity index is 1.64. The van der Waals surface area contributed by atoms with Crippen LogP contribution in [0.4, 0.5) is 0 Å². The van der Waals surface area contributed by atoms with E-state index in [4.69, 9.17) is 0 Å². The molecule has 0 aromatic rings. The zero-order valence-electron chi connectivity index (χ0n) is 12.4. The smallest absolute Gasteiger partial charge is 0.139 e. The molecule has 0 N–H and O–H groups in total. The third kappa shape index (κ3) is 3.06. The number of hydrogen-bond donors (Lipinski definition) is 0. The summed E-state index contributed by atoms with van der Waals surface area (Å²) in [5.41, 5.74) is 0. The van der Waals surface area contributed by atoms with Crippen molar-refractivity contribution in [1.29, 1.82) is 0 Å². The molecule has 0 aromatic heterocycles. The lowest BCUT2D eigenvalue weighted by Crippen LogP contribution is -2.38. The Morgan fingerprint density at radius 1 is 0.526 bits per heavy atom. The lowest BCUT2D eigenvalue weighted by atomic mass is 9.65. The predicted octanol–water partition coefficient (Wildman–Crippen LogP) is 5.13. The largest absolute Gasteiger partial charge is 0.299 e. The Kier molecular flexibility index (Phi) is 4.61. The van der Waals surface area contributed by atoms with Crippen LogP contribution in [0, 0.1) is 23.7 Å². The number of carbonyl (C=O) groups is 1. The highest BCUT2D eigenvalue weighted by Gasteiger charge is 2.39. The Labute approximate surface area is 118 Å². The van der Waals surface area contributed by atoms with Crippen LogP contribution in [-0.2, 0) is 4.79 Å². The van der Waals surface area contributed by atoms with Crippen LogP contribution in [0.1, 0.15) is 83.5 Å². The topological polar surface area (TPSA) is 17.1 Å². The van der Waals surface area contributed by atoms with E-state index in [2.05, 4.69) is 0 Å². The maximum absolute atomic E-state index is 12.9. The molecular formula is C18H30O. The minimum Gasteiger partial charge on any atom is -0.299 e. The van der Waals surface area contributed by atoms with Crippen LogP contribution in [0.2, 0.25) is 0 Å². The molecule has 0 amide bonds.